The van der Waals surface area contributed by atoms with Gasteiger partial charge >= 0.3 is 11.9 Å². The van der Waals surface area contributed by atoms with Crippen LogP contribution >= 0.6 is 0 Å². The standard InChI is InChI=1S/C9H17NO7S/c1-3-17-8(11)6-18(14,15)10-7(9(12)13)4-5-16-2/h7,10H,3-6H2,1-2H3,(H,12,13). The molecule has 1 unspecified atom stereocenters. The Morgan fingerprint density at radius 2 is 2.00 bits per heavy atom. The molecule has 0 amide bonds. The van der Waals surface area contributed by atoms with Crippen molar-refractivity contribution in [1.29, 1.82) is 0 Å². The van der Waals surface area contributed by atoms with E-state index in [0.29, 0.717) is 0 Å². The van der Waals surface area contributed by atoms with Crippen molar-refractivity contribution in [3.8, 4) is 0 Å². The van der Waals surface area contributed by atoms with Gasteiger partial charge in [-0.15, -0.1) is 0 Å². The van der Waals surface area contributed by atoms with Crippen LogP contribution in [0.3, 0.4) is 0 Å². The Bertz CT molecular complexity index is 378. The summed E-state index contributed by atoms with van der Waals surface area (Å²) in [7, 11) is -2.67. The molecule has 0 aliphatic rings. The quantitative estimate of drug-likeness (QED) is 0.519. The van der Waals surface area contributed by atoms with E-state index in [1.165, 1.54) is 14.0 Å². The maximum Gasteiger partial charge on any atom is 0.322 e. The molecule has 0 saturated carbocycles. The maximum atomic E-state index is 11.5. The van der Waals surface area contributed by atoms with Crippen LogP contribution in [-0.2, 0) is 29.1 Å². The van der Waals surface area contributed by atoms with E-state index in [1.54, 1.807) is 0 Å². The predicted octanol–water partition coefficient (Wildman–Crippen LogP) is -1.04. The number of carboxylic acids is 1. The van der Waals surface area contributed by atoms with Crippen LogP contribution in [0.15, 0.2) is 0 Å². The lowest BCUT2D eigenvalue weighted by Crippen LogP contribution is -2.43. The van der Waals surface area contributed by atoms with E-state index in [0.717, 1.165) is 0 Å². The van der Waals surface area contributed by atoms with E-state index in [2.05, 4.69) is 9.47 Å². The highest BCUT2D eigenvalue weighted by atomic mass is 32.2. The number of carbonyl (C=O) groups excluding carboxylic acids is 1. The third-order valence-electron chi connectivity index (χ3n) is 1.84. The number of hydrogen-bond acceptors (Lipinski definition) is 6. The molecular formula is C9H17NO7S. The molecular weight excluding hydrogens is 266 g/mol. The summed E-state index contributed by atoms with van der Waals surface area (Å²) in [5.74, 6) is -3.17. The van der Waals surface area contributed by atoms with Crippen LogP contribution in [0.2, 0.25) is 0 Å². The third kappa shape index (κ3) is 7.20. The largest absolute Gasteiger partial charge is 0.480 e. The zero-order chi connectivity index (χ0) is 14.2. The van der Waals surface area contributed by atoms with Gasteiger partial charge in [-0.2, -0.15) is 0 Å². The molecule has 0 aromatic carbocycles. The van der Waals surface area contributed by atoms with Gasteiger partial charge in [-0.05, 0) is 13.3 Å². The number of carboxylic acid groups (broad SMARTS) is 1. The fourth-order valence-electron chi connectivity index (χ4n) is 1.08. The fourth-order valence-corrected chi connectivity index (χ4v) is 2.21. The van der Waals surface area contributed by atoms with E-state index in [9.17, 15) is 18.0 Å². The van der Waals surface area contributed by atoms with Gasteiger partial charge in [0.2, 0.25) is 10.0 Å². The van der Waals surface area contributed by atoms with Crippen molar-refractivity contribution in [3.05, 3.63) is 0 Å². The van der Waals surface area contributed by atoms with Crippen LogP contribution < -0.4 is 4.72 Å². The molecule has 8 nitrogen and oxygen atoms in total. The lowest BCUT2D eigenvalue weighted by Gasteiger charge is -2.13. The minimum atomic E-state index is -4.04. The first-order valence-electron chi connectivity index (χ1n) is 5.19. The highest BCUT2D eigenvalue weighted by Gasteiger charge is 2.26. The van der Waals surface area contributed by atoms with Crippen molar-refractivity contribution in [2.45, 2.75) is 19.4 Å². The molecule has 9 heteroatoms. The summed E-state index contributed by atoms with van der Waals surface area (Å²) in [4.78, 5) is 21.8. The molecule has 0 aliphatic heterocycles. The Morgan fingerprint density at radius 1 is 1.39 bits per heavy atom. The Kier molecular flexibility index (Phi) is 7.48. The average molecular weight is 283 g/mol. The van der Waals surface area contributed by atoms with E-state index in [-0.39, 0.29) is 19.6 Å². The molecule has 106 valence electrons. The molecule has 0 saturated heterocycles. The zero-order valence-electron chi connectivity index (χ0n) is 10.2. The van der Waals surface area contributed by atoms with Gasteiger partial charge in [-0.3, -0.25) is 9.59 Å². The van der Waals surface area contributed by atoms with Crippen molar-refractivity contribution in [2.24, 2.45) is 0 Å². The first kappa shape index (κ1) is 16.8. The molecule has 18 heavy (non-hydrogen) atoms. The van der Waals surface area contributed by atoms with E-state index in [4.69, 9.17) is 5.11 Å². The summed E-state index contributed by atoms with van der Waals surface area (Å²) in [6.07, 6.45) is -0.0338. The lowest BCUT2D eigenvalue weighted by atomic mass is 10.2. The number of methoxy groups -OCH3 is 1. The Labute approximate surface area is 105 Å². The molecule has 0 radical (unpaired) electrons. The monoisotopic (exact) mass is 283 g/mol. The molecule has 0 heterocycles. The number of aliphatic carboxylic acids is 1. The van der Waals surface area contributed by atoms with Gasteiger partial charge in [0.15, 0.2) is 5.75 Å². The average Bonchev–Trinajstić information content (AvgIpc) is 2.23. The van der Waals surface area contributed by atoms with Crippen molar-refractivity contribution in [3.63, 3.8) is 0 Å². The van der Waals surface area contributed by atoms with Crippen molar-refractivity contribution < 1.29 is 32.6 Å². The molecule has 0 aliphatic carbocycles. The zero-order valence-corrected chi connectivity index (χ0v) is 11.0. The molecule has 0 aromatic heterocycles. The Balaban J connectivity index is 4.51. The summed E-state index contributed by atoms with van der Waals surface area (Å²) in [6.45, 7) is 1.68. The van der Waals surface area contributed by atoms with Gasteiger partial charge in [-0.1, -0.05) is 0 Å². The van der Waals surface area contributed by atoms with Gasteiger partial charge in [0, 0.05) is 13.7 Å². The van der Waals surface area contributed by atoms with Crippen LogP contribution in [0.5, 0.6) is 0 Å². The second-order valence-electron chi connectivity index (χ2n) is 3.35. The van der Waals surface area contributed by atoms with Crippen LogP contribution in [0.4, 0.5) is 0 Å². The van der Waals surface area contributed by atoms with Crippen LogP contribution in [-0.4, -0.2) is 57.6 Å². The summed E-state index contributed by atoms with van der Waals surface area (Å²) in [5.41, 5.74) is 0. The molecule has 0 aromatic rings. The van der Waals surface area contributed by atoms with Gasteiger partial charge in [-0.25, -0.2) is 13.1 Å². The van der Waals surface area contributed by atoms with Crippen LogP contribution in [0.1, 0.15) is 13.3 Å². The highest BCUT2D eigenvalue weighted by molar-refractivity contribution is 7.90. The van der Waals surface area contributed by atoms with Gasteiger partial charge in [0.1, 0.15) is 6.04 Å². The number of carbonyl (C=O) groups is 2. The highest BCUT2D eigenvalue weighted by Crippen LogP contribution is 1.98. The molecule has 0 rings (SSSR count). The summed E-state index contributed by atoms with van der Waals surface area (Å²) >= 11 is 0. The molecule has 1 atom stereocenters. The van der Waals surface area contributed by atoms with E-state index < -0.39 is 33.8 Å². The van der Waals surface area contributed by atoms with Gasteiger partial charge < -0.3 is 14.6 Å². The number of sulfonamides is 1. The molecule has 0 bridgehead atoms. The minimum absolute atomic E-state index is 0.0338. The topological polar surface area (TPSA) is 119 Å². The second kappa shape index (κ2) is 8.01. The molecule has 0 spiro atoms. The number of esters is 1. The first-order valence-corrected chi connectivity index (χ1v) is 6.85. The summed E-state index contributed by atoms with van der Waals surface area (Å²) in [5, 5.41) is 8.80. The maximum absolute atomic E-state index is 11.5. The Hall–Kier alpha value is -1.19. The smallest absolute Gasteiger partial charge is 0.322 e. The summed E-state index contributed by atoms with van der Waals surface area (Å²) in [6, 6.07) is -1.33. The number of nitrogens with one attached hydrogen (secondary N) is 1. The van der Waals surface area contributed by atoms with Crippen LogP contribution in [0.25, 0.3) is 0 Å². The summed E-state index contributed by atoms with van der Waals surface area (Å²) < 4.78 is 34.0. The van der Waals surface area contributed by atoms with E-state index in [1.807, 2.05) is 4.72 Å². The van der Waals surface area contributed by atoms with Crippen LogP contribution in [0, 0.1) is 0 Å². The Morgan fingerprint density at radius 3 is 2.44 bits per heavy atom. The van der Waals surface area contributed by atoms with E-state index >= 15 is 0 Å². The number of hydrogen-bond donors (Lipinski definition) is 2. The van der Waals surface area contributed by atoms with Gasteiger partial charge in [0.25, 0.3) is 0 Å². The number of ether oxygens (including phenoxy) is 2. The van der Waals surface area contributed by atoms with Gasteiger partial charge in [0.05, 0.1) is 6.61 Å². The lowest BCUT2D eigenvalue weighted by molar-refractivity contribution is -0.141. The second-order valence-corrected chi connectivity index (χ2v) is 5.11. The fraction of sp³-hybridized carbons (Fsp3) is 0.778. The normalized spacial score (nSPS) is 13.0. The SMILES string of the molecule is CCOC(=O)CS(=O)(=O)NC(CCOC)C(=O)O. The van der Waals surface area contributed by atoms with Crippen molar-refractivity contribution in [1.82, 2.24) is 4.72 Å². The minimum Gasteiger partial charge on any atom is -0.480 e. The third-order valence-corrected chi connectivity index (χ3v) is 3.10. The number of rotatable bonds is 9. The predicted molar refractivity (Wildman–Crippen MR) is 61.5 cm³/mol. The molecule has 0 fully saturated rings. The first-order chi connectivity index (χ1) is 8.32. The van der Waals surface area contributed by atoms with Crippen molar-refractivity contribution >= 4 is 22.0 Å². The van der Waals surface area contributed by atoms with Crippen molar-refractivity contribution in [2.75, 3.05) is 26.1 Å². The molecule has 2 N–H and O–H groups in total.